The molecule has 1 aliphatic rings. The maximum absolute atomic E-state index is 13.1. The second-order valence-corrected chi connectivity index (χ2v) is 7.68. The molecule has 2 aromatic heterocycles. The first-order valence-electron chi connectivity index (χ1n) is 10.4. The van der Waals surface area contributed by atoms with Crippen LogP contribution < -0.4 is 10.9 Å². The van der Waals surface area contributed by atoms with Gasteiger partial charge in [0.15, 0.2) is 5.82 Å². The van der Waals surface area contributed by atoms with Gasteiger partial charge in [0.1, 0.15) is 0 Å². The van der Waals surface area contributed by atoms with Gasteiger partial charge in [-0.05, 0) is 33.1 Å². The molecule has 0 saturated heterocycles. The summed E-state index contributed by atoms with van der Waals surface area (Å²) in [5.41, 5.74) is 2.16. The molecule has 1 aromatic carbocycles. The first-order valence-corrected chi connectivity index (χ1v) is 10.4. The van der Waals surface area contributed by atoms with Crippen LogP contribution in [0.5, 0.6) is 0 Å². The molecular weight excluding hydrogens is 366 g/mol. The van der Waals surface area contributed by atoms with Crippen molar-refractivity contribution in [2.45, 2.75) is 65.0 Å². The number of carbonyl (C=O) groups excluding carboxylic acids is 1. The summed E-state index contributed by atoms with van der Waals surface area (Å²) in [7, 11) is 0. The molecule has 2 heterocycles. The second-order valence-electron chi connectivity index (χ2n) is 7.68. The number of hydrogen-bond donors (Lipinski definition) is 1. The first-order chi connectivity index (χ1) is 14.1. The van der Waals surface area contributed by atoms with Gasteiger partial charge in [0.2, 0.25) is 11.7 Å². The number of nitrogens with zero attached hydrogens (tertiary/aromatic N) is 4. The van der Waals surface area contributed by atoms with Crippen LogP contribution in [0.1, 0.15) is 50.3 Å². The molecular formula is C22H27N5O2. The van der Waals surface area contributed by atoms with E-state index in [2.05, 4.69) is 15.4 Å². The molecule has 0 spiro atoms. The predicted molar refractivity (Wildman–Crippen MR) is 112 cm³/mol. The van der Waals surface area contributed by atoms with E-state index < -0.39 is 0 Å². The standard InChI is InChI=1S/C22H27N5O2/c1-3-26-15(2)18(13-14-19(28)23-17-11-7-8-12-17)21(29)27-22(26)24-20(25-27)16-9-5-4-6-10-16/h4-6,9-10,17H,3,7-8,11-14H2,1-2H3,(H,23,28). The van der Waals surface area contributed by atoms with Crippen LogP contribution >= 0.6 is 0 Å². The number of fused-ring (bicyclic) bond motifs is 1. The van der Waals surface area contributed by atoms with Crippen molar-refractivity contribution in [1.82, 2.24) is 24.5 Å². The van der Waals surface area contributed by atoms with E-state index in [-0.39, 0.29) is 11.5 Å². The Hall–Kier alpha value is -2.96. The summed E-state index contributed by atoms with van der Waals surface area (Å²) in [5, 5.41) is 7.57. The highest BCUT2D eigenvalue weighted by Gasteiger charge is 2.20. The van der Waals surface area contributed by atoms with Gasteiger partial charge in [-0.1, -0.05) is 43.2 Å². The molecule has 1 N–H and O–H groups in total. The van der Waals surface area contributed by atoms with Gasteiger partial charge in [-0.25, -0.2) is 0 Å². The fraction of sp³-hybridized carbons (Fsp3) is 0.455. The third kappa shape index (κ3) is 3.81. The minimum Gasteiger partial charge on any atom is -0.353 e. The zero-order chi connectivity index (χ0) is 20.4. The number of aryl methyl sites for hydroxylation is 1. The van der Waals surface area contributed by atoms with Crippen LogP contribution in [-0.4, -0.2) is 31.1 Å². The quantitative estimate of drug-likeness (QED) is 0.698. The maximum atomic E-state index is 13.1. The monoisotopic (exact) mass is 393 g/mol. The number of nitrogens with one attached hydrogen (secondary N) is 1. The first kappa shape index (κ1) is 19.4. The Balaban J connectivity index is 1.65. The molecule has 0 radical (unpaired) electrons. The Bertz CT molecular complexity index is 1080. The summed E-state index contributed by atoms with van der Waals surface area (Å²) in [5.74, 6) is 1.08. The normalized spacial score (nSPS) is 14.6. The van der Waals surface area contributed by atoms with Gasteiger partial charge in [-0.2, -0.15) is 9.50 Å². The van der Waals surface area contributed by atoms with E-state index in [4.69, 9.17) is 0 Å². The maximum Gasteiger partial charge on any atom is 0.279 e. The number of carbonyl (C=O) groups is 1. The number of amides is 1. The molecule has 0 aliphatic heterocycles. The molecule has 0 unspecified atom stereocenters. The van der Waals surface area contributed by atoms with Crippen molar-refractivity contribution in [1.29, 1.82) is 0 Å². The topological polar surface area (TPSA) is 81.3 Å². The average molecular weight is 393 g/mol. The van der Waals surface area contributed by atoms with E-state index in [1.807, 2.05) is 48.7 Å². The van der Waals surface area contributed by atoms with E-state index in [1.165, 1.54) is 17.4 Å². The Morgan fingerprint density at radius 1 is 1.21 bits per heavy atom. The van der Waals surface area contributed by atoms with E-state index in [9.17, 15) is 9.59 Å². The molecule has 29 heavy (non-hydrogen) atoms. The van der Waals surface area contributed by atoms with Crippen molar-refractivity contribution in [3.63, 3.8) is 0 Å². The summed E-state index contributed by atoms with van der Waals surface area (Å²) < 4.78 is 3.37. The molecule has 0 atom stereocenters. The highest BCUT2D eigenvalue weighted by atomic mass is 16.1. The molecule has 0 bridgehead atoms. The summed E-state index contributed by atoms with van der Waals surface area (Å²) in [6.45, 7) is 4.61. The fourth-order valence-corrected chi connectivity index (χ4v) is 4.19. The summed E-state index contributed by atoms with van der Waals surface area (Å²) in [4.78, 5) is 30.1. The lowest BCUT2D eigenvalue weighted by molar-refractivity contribution is -0.121. The van der Waals surface area contributed by atoms with Crippen LogP contribution in [0.15, 0.2) is 35.1 Å². The minimum atomic E-state index is -0.189. The van der Waals surface area contributed by atoms with Gasteiger partial charge >= 0.3 is 0 Å². The number of hydrogen-bond acceptors (Lipinski definition) is 4. The third-order valence-corrected chi connectivity index (χ3v) is 5.79. The number of benzene rings is 1. The number of rotatable bonds is 6. The molecule has 1 saturated carbocycles. The van der Waals surface area contributed by atoms with Crippen LogP contribution in [0.2, 0.25) is 0 Å². The Morgan fingerprint density at radius 3 is 2.62 bits per heavy atom. The van der Waals surface area contributed by atoms with Crippen LogP contribution in [-0.2, 0) is 17.8 Å². The molecule has 7 nitrogen and oxygen atoms in total. The smallest absolute Gasteiger partial charge is 0.279 e. The fourth-order valence-electron chi connectivity index (χ4n) is 4.19. The van der Waals surface area contributed by atoms with Crippen LogP contribution in [0.3, 0.4) is 0 Å². The van der Waals surface area contributed by atoms with E-state index >= 15 is 0 Å². The zero-order valence-corrected chi connectivity index (χ0v) is 17.0. The van der Waals surface area contributed by atoms with Gasteiger partial charge < -0.3 is 9.88 Å². The molecule has 1 aliphatic carbocycles. The molecule has 7 heteroatoms. The predicted octanol–water partition coefficient (Wildman–Crippen LogP) is 2.88. The molecule has 1 fully saturated rings. The second kappa shape index (κ2) is 8.19. The van der Waals surface area contributed by atoms with Gasteiger partial charge in [0, 0.05) is 35.8 Å². The third-order valence-electron chi connectivity index (χ3n) is 5.79. The highest BCUT2D eigenvalue weighted by Crippen LogP contribution is 2.19. The number of aromatic nitrogens is 4. The Kier molecular flexibility index (Phi) is 5.47. The lowest BCUT2D eigenvalue weighted by atomic mass is 10.1. The zero-order valence-electron chi connectivity index (χ0n) is 17.0. The largest absolute Gasteiger partial charge is 0.353 e. The van der Waals surface area contributed by atoms with Crippen molar-refractivity contribution in [2.75, 3.05) is 0 Å². The summed E-state index contributed by atoms with van der Waals surface area (Å²) in [6.07, 6.45) is 5.18. The van der Waals surface area contributed by atoms with Crippen molar-refractivity contribution in [2.24, 2.45) is 0 Å². The molecule has 152 valence electrons. The summed E-state index contributed by atoms with van der Waals surface area (Å²) in [6, 6.07) is 9.93. The van der Waals surface area contributed by atoms with Gasteiger partial charge in [0.05, 0.1) is 0 Å². The van der Waals surface area contributed by atoms with Gasteiger partial charge in [-0.15, -0.1) is 5.10 Å². The highest BCUT2D eigenvalue weighted by molar-refractivity contribution is 5.76. The van der Waals surface area contributed by atoms with Crippen LogP contribution in [0.25, 0.3) is 17.2 Å². The molecule has 3 aromatic rings. The van der Waals surface area contributed by atoms with Crippen LogP contribution in [0, 0.1) is 6.92 Å². The van der Waals surface area contributed by atoms with Crippen LogP contribution in [0.4, 0.5) is 0 Å². The average Bonchev–Trinajstić information content (AvgIpc) is 3.39. The molecule has 4 rings (SSSR count). The van der Waals surface area contributed by atoms with E-state index in [0.29, 0.717) is 42.6 Å². The van der Waals surface area contributed by atoms with Crippen molar-refractivity contribution < 1.29 is 4.79 Å². The Morgan fingerprint density at radius 2 is 1.93 bits per heavy atom. The van der Waals surface area contributed by atoms with Gasteiger partial charge in [-0.3, -0.25) is 9.59 Å². The van der Waals surface area contributed by atoms with E-state index in [0.717, 1.165) is 24.1 Å². The van der Waals surface area contributed by atoms with Gasteiger partial charge in [0.25, 0.3) is 5.56 Å². The minimum absolute atomic E-state index is 0.0161. The SMILES string of the molecule is CCn1c(C)c(CCC(=O)NC2CCCC2)c(=O)n2nc(-c3ccccc3)nc12. The molecule has 1 amide bonds. The van der Waals surface area contributed by atoms with Crippen molar-refractivity contribution >= 4 is 11.7 Å². The summed E-state index contributed by atoms with van der Waals surface area (Å²) >= 11 is 0. The van der Waals surface area contributed by atoms with Crippen molar-refractivity contribution in [3.8, 4) is 11.4 Å². The van der Waals surface area contributed by atoms with E-state index in [1.54, 1.807) is 0 Å². The lowest BCUT2D eigenvalue weighted by Crippen LogP contribution is -2.33. The lowest BCUT2D eigenvalue weighted by Gasteiger charge is -2.15. The Labute approximate surface area is 169 Å². The van der Waals surface area contributed by atoms with Crippen molar-refractivity contribution in [3.05, 3.63) is 51.9 Å².